The Balaban J connectivity index is 1.47. The fourth-order valence-electron chi connectivity index (χ4n) is 4.06. The molecule has 5 nitrogen and oxygen atoms in total. The van der Waals surface area contributed by atoms with E-state index in [2.05, 4.69) is 10.2 Å². The Kier molecular flexibility index (Phi) is 3.60. The first kappa shape index (κ1) is 15.6. The van der Waals surface area contributed by atoms with Crippen molar-refractivity contribution in [1.29, 1.82) is 0 Å². The first-order chi connectivity index (χ1) is 11.5. The summed E-state index contributed by atoms with van der Waals surface area (Å²) in [6.07, 6.45) is 3.65. The highest BCUT2D eigenvalue weighted by molar-refractivity contribution is 5.94. The van der Waals surface area contributed by atoms with Crippen LogP contribution < -0.4 is 5.32 Å². The third kappa shape index (κ3) is 2.49. The molecule has 2 aliphatic heterocycles. The summed E-state index contributed by atoms with van der Waals surface area (Å²) in [6.45, 7) is 3.13. The van der Waals surface area contributed by atoms with E-state index in [0.29, 0.717) is 24.7 Å². The SMILES string of the molecule is C[C@H]1NC2(CCN(C(=O)c3ccc(F)cc3)CC2)N(C2CC2)C1=O. The number of likely N-dealkylation sites (tertiary alicyclic amines) is 1. The van der Waals surface area contributed by atoms with E-state index in [1.807, 2.05) is 6.92 Å². The van der Waals surface area contributed by atoms with Crippen LogP contribution in [0.2, 0.25) is 0 Å². The largest absolute Gasteiger partial charge is 0.338 e. The van der Waals surface area contributed by atoms with Crippen LogP contribution in [0.5, 0.6) is 0 Å². The van der Waals surface area contributed by atoms with Gasteiger partial charge < -0.3 is 9.80 Å². The Bertz CT molecular complexity index is 663. The first-order valence-electron chi connectivity index (χ1n) is 8.66. The van der Waals surface area contributed by atoms with Crippen LogP contribution in [-0.4, -0.2) is 52.5 Å². The minimum absolute atomic E-state index is 0.0693. The van der Waals surface area contributed by atoms with E-state index in [1.54, 1.807) is 4.90 Å². The van der Waals surface area contributed by atoms with Crippen LogP contribution in [0.25, 0.3) is 0 Å². The van der Waals surface area contributed by atoms with E-state index in [4.69, 9.17) is 0 Å². The topological polar surface area (TPSA) is 52.7 Å². The second kappa shape index (κ2) is 5.55. The minimum Gasteiger partial charge on any atom is -0.338 e. The van der Waals surface area contributed by atoms with Crippen molar-refractivity contribution in [3.8, 4) is 0 Å². The van der Waals surface area contributed by atoms with Gasteiger partial charge in [-0.3, -0.25) is 14.9 Å². The van der Waals surface area contributed by atoms with Gasteiger partial charge in [-0.2, -0.15) is 0 Å². The Morgan fingerprint density at radius 2 is 1.83 bits per heavy atom. The molecule has 0 unspecified atom stereocenters. The Labute approximate surface area is 140 Å². The van der Waals surface area contributed by atoms with E-state index >= 15 is 0 Å². The van der Waals surface area contributed by atoms with Crippen LogP contribution in [0.4, 0.5) is 4.39 Å². The van der Waals surface area contributed by atoms with E-state index < -0.39 is 0 Å². The normalized spacial score (nSPS) is 26.2. The Morgan fingerprint density at radius 3 is 2.42 bits per heavy atom. The van der Waals surface area contributed by atoms with Crippen LogP contribution in [0.3, 0.4) is 0 Å². The zero-order valence-corrected chi connectivity index (χ0v) is 13.8. The first-order valence-corrected chi connectivity index (χ1v) is 8.66. The van der Waals surface area contributed by atoms with Gasteiger partial charge in [-0.25, -0.2) is 4.39 Å². The van der Waals surface area contributed by atoms with Crippen LogP contribution in [0, 0.1) is 5.82 Å². The van der Waals surface area contributed by atoms with Gasteiger partial charge in [0, 0.05) is 37.5 Å². The summed E-state index contributed by atoms with van der Waals surface area (Å²) < 4.78 is 13.0. The van der Waals surface area contributed by atoms with Crippen molar-refractivity contribution < 1.29 is 14.0 Å². The molecular formula is C18H22FN3O2. The number of halogens is 1. The summed E-state index contributed by atoms with van der Waals surface area (Å²) in [7, 11) is 0. The molecule has 1 N–H and O–H groups in total. The molecule has 4 rings (SSSR count). The van der Waals surface area contributed by atoms with Crippen LogP contribution in [0.1, 0.15) is 43.0 Å². The summed E-state index contributed by atoms with van der Waals surface area (Å²) in [5, 5.41) is 3.49. The summed E-state index contributed by atoms with van der Waals surface area (Å²) in [5.41, 5.74) is 0.215. The predicted octanol–water partition coefficient (Wildman–Crippen LogP) is 1.74. The van der Waals surface area contributed by atoms with Gasteiger partial charge in [-0.1, -0.05) is 0 Å². The van der Waals surface area contributed by atoms with Crippen LogP contribution >= 0.6 is 0 Å². The quantitative estimate of drug-likeness (QED) is 0.898. The molecule has 24 heavy (non-hydrogen) atoms. The summed E-state index contributed by atoms with van der Waals surface area (Å²) in [6, 6.07) is 5.90. The number of piperidine rings is 1. The molecule has 0 aromatic heterocycles. The monoisotopic (exact) mass is 331 g/mol. The molecule has 3 aliphatic rings. The lowest BCUT2D eigenvalue weighted by molar-refractivity contribution is -0.133. The summed E-state index contributed by atoms with van der Waals surface area (Å²) >= 11 is 0. The fourth-order valence-corrected chi connectivity index (χ4v) is 4.06. The summed E-state index contributed by atoms with van der Waals surface area (Å²) in [5.74, 6) is -0.220. The van der Waals surface area contributed by atoms with Crippen LogP contribution in [-0.2, 0) is 4.79 Å². The lowest BCUT2D eigenvalue weighted by Crippen LogP contribution is -2.60. The summed E-state index contributed by atoms with van der Waals surface area (Å²) in [4.78, 5) is 28.9. The van der Waals surface area contributed by atoms with Gasteiger partial charge in [0.1, 0.15) is 5.82 Å². The number of hydrogen-bond donors (Lipinski definition) is 1. The average molecular weight is 331 g/mol. The molecule has 1 atom stereocenters. The third-order valence-electron chi connectivity index (χ3n) is 5.44. The maximum absolute atomic E-state index is 13.0. The molecule has 0 bridgehead atoms. The molecule has 128 valence electrons. The van der Waals surface area contributed by atoms with Crippen molar-refractivity contribution in [3.63, 3.8) is 0 Å². The van der Waals surface area contributed by atoms with Gasteiger partial charge >= 0.3 is 0 Å². The second-order valence-corrected chi connectivity index (χ2v) is 7.14. The smallest absolute Gasteiger partial charge is 0.253 e. The zero-order chi connectivity index (χ0) is 16.9. The predicted molar refractivity (Wildman–Crippen MR) is 86.7 cm³/mol. The van der Waals surface area contributed by atoms with Gasteiger partial charge in [0.15, 0.2) is 0 Å². The molecule has 1 saturated carbocycles. The Hall–Kier alpha value is -1.95. The number of rotatable bonds is 2. The number of nitrogens with zero attached hydrogens (tertiary/aromatic N) is 2. The molecule has 1 aromatic rings. The molecule has 1 aliphatic carbocycles. The third-order valence-corrected chi connectivity index (χ3v) is 5.44. The molecule has 0 radical (unpaired) electrons. The highest BCUT2D eigenvalue weighted by atomic mass is 19.1. The molecular weight excluding hydrogens is 309 g/mol. The van der Waals surface area contributed by atoms with E-state index in [1.165, 1.54) is 24.3 Å². The molecule has 2 heterocycles. The average Bonchev–Trinajstić information content (AvgIpc) is 3.37. The molecule has 3 fully saturated rings. The van der Waals surface area contributed by atoms with E-state index in [0.717, 1.165) is 25.7 Å². The Morgan fingerprint density at radius 1 is 1.21 bits per heavy atom. The van der Waals surface area contributed by atoms with Gasteiger partial charge in [0.25, 0.3) is 5.91 Å². The van der Waals surface area contributed by atoms with Crippen molar-refractivity contribution in [2.45, 2.75) is 50.4 Å². The maximum atomic E-state index is 13.0. The number of carbonyl (C=O) groups excluding carboxylic acids is 2. The molecule has 2 amide bonds. The van der Waals surface area contributed by atoms with Crippen molar-refractivity contribution in [2.75, 3.05) is 13.1 Å². The van der Waals surface area contributed by atoms with Gasteiger partial charge in [-0.15, -0.1) is 0 Å². The van der Waals surface area contributed by atoms with E-state index in [-0.39, 0.29) is 29.3 Å². The fraction of sp³-hybridized carbons (Fsp3) is 0.556. The van der Waals surface area contributed by atoms with Gasteiger partial charge in [0.05, 0.1) is 11.7 Å². The zero-order valence-electron chi connectivity index (χ0n) is 13.8. The van der Waals surface area contributed by atoms with Crippen molar-refractivity contribution in [1.82, 2.24) is 15.1 Å². The molecule has 2 saturated heterocycles. The number of carbonyl (C=O) groups is 2. The molecule has 6 heteroatoms. The van der Waals surface area contributed by atoms with Crippen molar-refractivity contribution in [3.05, 3.63) is 35.6 Å². The number of nitrogens with one attached hydrogen (secondary N) is 1. The van der Waals surface area contributed by atoms with Crippen molar-refractivity contribution >= 4 is 11.8 Å². The lowest BCUT2D eigenvalue weighted by atomic mass is 9.95. The highest BCUT2D eigenvalue weighted by Gasteiger charge is 2.54. The number of amides is 2. The van der Waals surface area contributed by atoms with Gasteiger partial charge in [0.2, 0.25) is 5.91 Å². The maximum Gasteiger partial charge on any atom is 0.253 e. The highest BCUT2D eigenvalue weighted by Crippen LogP contribution is 2.41. The van der Waals surface area contributed by atoms with Crippen molar-refractivity contribution in [2.24, 2.45) is 0 Å². The minimum atomic E-state index is -0.341. The molecule has 1 aromatic carbocycles. The lowest BCUT2D eigenvalue weighted by Gasteiger charge is -2.45. The second-order valence-electron chi connectivity index (χ2n) is 7.14. The number of hydrogen-bond acceptors (Lipinski definition) is 3. The number of benzene rings is 1. The van der Waals surface area contributed by atoms with Crippen LogP contribution in [0.15, 0.2) is 24.3 Å². The standard InChI is InChI=1S/C18H22FN3O2/c1-12-16(23)22(15-6-7-15)18(20-12)8-10-21(11-9-18)17(24)13-2-4-14(19)5-3-13/h2-5,12,15,20H,6-11H2,1H3/t12-/m1/s1. The van der Waals surface area contributed by atoms with E-state index in [9.17, 15) is 14.0 Å². The van der Waals surface area contributed by atoms with Gasteiger partial charge in [-0.05, 0) is 44.0 Å². The molecule has 1 spiro atoms.